The van der Waals surface area contributed by atoms with E-state index in [1.807, 2.05) is 24.3 Å². The standard InChI is InChI=1S/C21H22O6/c1-13(9-14-5-6-16-17(10-14)27-8-7-26-16)20(22)15-11-18(23-2)21(25-4)19(12-15)24-3/h5-6,9-12H,7-8H2,1-4H3/b13-9+. The summed E-state index contributed by atoms with van der Waals surface area (Å²) >= 11 is 0. The first-order valence-electron chi connectivity index (χ1n) is 8.50. The number of methoxy groups -OCH3 is 3. The zero-order chi connectivity index (χ0) is 19.4. The maximum atomic E-state index is 12.9. The highest BCUT2D eigenvalue weighted by Gasteiger charge is 2.18. The van der Waals surface area contributed by atoms with Crippen LogP contribution in [-0.4, -0.2) is 40.3 Å². The monoisotopic (exact) mass is 370 g/mol. The molecule has 6 nitrogen and oxygen atoms in total. The highest BCUT2D eigenvalue weighted by Crippen LogP contribution is 2.39. The molecule has 0 N–H and O–H groups in total. The van der Waals surface area contributed by atoms with Gasteiger partial charge in [0.2, 0.25) is 5.75 Å². The first-order valence-corrected chi connectivity index (χ1v) is 8.50. The number of allylic oxidation sites excluding steroid dienone is 1. The molecule has 142 valence electrons. The van der Waals surface area contributed by atoms with Crippen molar-refractivity contribution in [2.75, 3.05) is 34.5 Å². The number of ketones is 1. The van der Waals surface area contributed by atoms with E-state index < -0.39 is 0 Å². The minimum absolute atomic E-state index is 0.135. The van der Waals surface area contributed by atoms with E-state index in [-0.39, 0.29) is 5.78 Å². The molecule has 1 heterocycles. The predicted molar refractivity (Wildman–Crippen MR) is 102 cm³/mol. The summed E-state index contributed by atoms with van der Waals surface area (Å²) in [5.41, 5.74) is 1.88. The van der Waals surface area contributed by atoms with E-state index in [1.165, 1.54) is 21.3 Å². The number of hydrogen-bond donors (Lipinski definition) is 0. The quantitative estimate of drug-likeness (QED) is 0.570. The van der Waals surface area contributed by atoms with Crippen LogP contribution in [0.1, 0.15) is 22.8 Å². The second-order valence-electron chi connectivity index (χ2n) is 5.97. The Morgan fingerprint density at radius 2 is 1.56 bits per heavy atom. The zero-order valence-electron chi connectivity index (χ0n) is 15.8. The van der Waals surface area contributed by atoms with E-state index in [2.05, 4.69) is 0 Å². The van der Waals surface area contributed by atoms with Crippen LogP contribution in [0.5, 0.6) is 28.7 Å². The smallest absolute Gasteiger partial charge is 0.203 e. The van der Waals surface area contributed by atoms with Crippen LogP contribution >= 0.6 is 0 Å². The molecule has 27 heavy (non-hydrogen) atoms. The van der Waals surface area contributed by atoms with Crippen molar-refractivity contribution >= 4 is 11.9 Å². The van der Waals surface area contributed by atoms with Gasteiger partial charge in [0.25, 0.3) is 0 Å². The first-order chi connectivity index (χ1) is 13.1. The summed E-state index contributed by atoms with van der Waals surface area (Å²) in [5, 5.41) is 0. The maximum absolute atomic E-state index is 12.9. The highest BCUT2D eigenvalue weighted by molar-refractivity contribution is 6.11. The fraction of sp³-hybridized carbons (Fsp3) is 0.286. The Labute approximate surface area is 158 Å². The molecule has 2 aromatic carbocycles. The lowest BCUT2D eigenvalue weighted by Gasteiger charge is -2.18. The van der Waals surface area contributed by atoms with Gasteiger partial charge in [-0.2, -0.15) is 0 Å². The third-order valence-corrected chi connectivity index (χ3v) is 4.23. The fourth-order valence-corrected chi connectivity index (χ4v) is 2.91. The van der Waals surface area contributed by atoms with Crippen LogP contribution in [-0.2, 0) is 0 Å². The molecule has 0 bridgehead atoms. The van der Waals surface area contributed by atoms with Crippen molar-refractivity contribution in [3.63, 3.8) is 0 Å². The first kappa shape index (κ1) is 18.6. The Morgan fingerprint density at radius 3 is 2.15 bits per heavy atom. The van der Waals surface area contributed by atoms with E-state index in [9.17, 15) is 4.79 Å². The highest BCUT2D eigenvalue weighted by atomic mass is 16.6. The van der Waals surface area contributed by atoms with Gasteiger partial charge in [-0.25, -0.2) is 0 Å². The Hall–Kier alpha value is -3.15. The molecular formula is C21H22O6. The largest absolute Gasteiger partial charge is 0.493 e. The van der Waals surface area contributed by atoms with Gasteiger partial charge in [0.1, 0.15) is 13.2 Å². The Bertz CT molecular complexity index is 859. The summed E-state index contributed by atoms with van der Waals surface area (Å²) in [5.74, 6) is 2.59. The number of carbonyl (C=O) groups excluding carboxylic acids is 1. The SMILES string of the molecule is COc1cc(C(=O)/C(C)=C/c2ccc3c(c2)OCCO3)cc(OC)c1OC. The van der Waals surface area contributed by atoms with Gasteiger partial charge >= 0.3 is 0 Å². The molecule has 0 radical (unpaired) electrons. The Kier molecular flexibility index (Phi) is 5.54. The minimum Gasteiger partial charge on any atom is -0.493 e. The molecule has 0 unspecified atom stereocenters. The van der Waals surface area contributed by atoms with Gasteiger partial charge in [-0.15, -0.1) is 0 Å². The van der Waals surface area contributed by atoms with E-state index in [1.54, 1.807) is 19.1 Å². The topological polar surface area (TPSA) is 63.2 Å². The lowest BCUT2D eigenvalue weighted by molar-refractivity contribution is 0.103. The number of fused-ring (bicyclic) bond motifs is 1. The van der Waals surface area contributed by atoms with E-state index in [4.69, 9.17) is 23.7 Å². The molecule has 0 atom stereocenters. The predicted octanol–water partition coefficient (Wildman–Crippen LogP) is 3.77. The summed E-state index contributed by atoms with van der Waals surface area (Å²) in [6.07, 6.45) is 1.81. The van der Waals surface area contributed by atoms with Crippen molar-refractivity contribution in [2.45, 2.75) is 6.92 Å². The molecular weight excluding hydrogens is 348 g/mol. The lowest BCUT2D eigenvalue weighted by atomic mass is 10.0. The van der Waals surface area contributed by atoms with Gasteiger partial charge in [-0.3, -0.25) is 4.79 Å². The fourth-order valence-electron chi connectivity index (χ4n) is 2.91. The number of benzene rings is 2. The molecule has 1 aliphatic rings. The maximum Gasteiger partial charge on any atom is 0.203 e. The van der Waals surface area contributed by atoms with Crippen LogP contribution in [0, 0.1) is 0 Å². The van der Waals surface area contributed by atoms with Crippen molar-refractivity contribution in [2.24, 2.45) is 0 Å². The normalized spacial score (nSPS) is 13.1. The van der Waals surface area contributed by atoms with Gasteiger partial charge in [0.05, 0.1) is 21.3 Å². The van der Waals surface area contributed by atoms with E-state index in [0.29, 0.717) is 53.1 Å². The minimum atomic E-state index is -0.135. The third-order valence-electron chi connectivity index (χ3n) is 4.23. The number of Topliss-reactive ketones (excluding diaryl/α,β-unsaturated/α-hetero) is 1. The molecule has 0 saturated carbocycles. The van der Waals surface area contributed by atoms with Gasteiger partial charge in [0, 0.05) is 5.56 Å². The van der Waals surface area contributed by atoms with Crippen LogP contribution in [0.2, 0.25) is 0 Å². The average Bonchev–Trinajstić information content (AvgIpc) is 2.71. The number of hydrogen-bond acceptors (Lipinski definition) is 6. The summed E-state index contributed by atoms with van der Waals surface area (Å²) in [6.45, 7) is 2.83. The van der Waals surface area contributed by atoms with Crippen LogP contribution < -0.4 is 23.7 Å². The molecule has 0 fully saturated rings. The molecule has 0 saturated heterocycles. The molecule has 1 aliphatic heterocycles. The van der Waals surface area contributed by atoms with Crippen LogP contribution in [0.4, 0.5) is 0 Å². The second-order valence-corrected chi connectivity index (χ2v) is 5.97. The van der Waals surface area contributed by atoms with Crippen molar-refractivity contribution < 1.29 is 28.5 Å². The molecule has 0 aromatic heterocycles. The van der Waals surface area contributed by atoms with Crippen molar-refractivity contribution in [1.82, 2.24) is 0 Å². The van der Waals surface area contributed by atoms with Crippen LogP contribution in [0.25, 0.3) is 6.08 Å². The zero-order valence-corrected chi connectivity index (χ0v) is 15.8. The van der Waals surface area contributed by atoms with Gasteiger partial charge in [-0.1, -0.05) is 6.07 Å². The van der Waals surface area contributed by atoms with E-state index in [0.717, 1.165) is 5.56 Å². The number of rotatable bonds is 6. The summed E-state index contributed by atoms with van der Waals surface area (Å²) < 4.78 is 27.1. The number of carbonyl (C=O) groups is 1. The summed E-state index contributed by atoms with van der Waals surface area (Å²) in [4.78, 5) is 12.9. The molecule has 6 heteroatoms. The Morgan fingerprint density at radius 1 is 0.926 bits per heavy atom. The molecule has 2 aromatic rings. The average molecular weight is 370 g/mol. The van der Waals surface area contributed by atoms with Crippen LogP contribution in [0.15, 0.2) is 35.9 Å². The van der Waals surface area contributed by atoms with Crippen molar-refractivity contribution in [3.8, 4) is 28.7 Å². The molecule has 0 aliphatic carbocycles. The molecule has 3 rings (SSSR count). The summed E-state index contributed by atoms with van der Waals surface area (Å²) in [6, 6.07) is 8.88. The molecule has 0 spiro atoms. The van der Waals surface area contributed by atoms with E-state index >= 15 is 0 Å². The Balaban J connectivity index is 1.92. The van der Waals surface area contributed by atoms with Gasteiger partial charge in [-0.05, 0) is 48.4 Å². The van der Waals surface area contributed by atoms with Gasteiger partial charge < -0.3 is 23.7 Å². The second kappa shape index (κ2) is 8.03. The van der Waals surface area contributed by atoms with Crippen LogP contribution in [0.3, 0.4) is 0 Å². The molecule has 0 amide bonds. The third kappa shape index (κ3) is 3.84. The van der Waals surface area contributed by atoms with Crippen molar-refractivity contribution in [3.05, 3.63) is 47.0 Å². The van der Waals surface area contributed by atoms with Gasteiger partial charge in [0.15, 0.2) is 28.8 Å². The lowest BCUT2D eigenvalue weighted by Crippen LogP contribution is -2.15. The number of ether oxygens (including phenoxy) is 5. The van der Waals surface area contributed by atoms with Crippen molar-refractivity contribution in [1.29, 1.82) is 0 Å². The summed E-state index contributed by atoms with van der Waals surface area (Å²) in [7, 11) is 4.56.